The third-order valence-electron chi connectivity index (χ3n) is 4.81. The van der Waals surface area contributed by atoms with Gasteiger partial charge in [0.15, 0.2) is 11.7 Å². The zero-order valence-corrected chi connectivity index (χ0v) is 19.3. The van der Waals surface area contributed by atoms with Crippen LogP contribution in [0.3, 0.4) is 0 Å². The molecule has 7 nitrogen and oxygen atoms in total. The summed E-state index contributed by atoms with van der Waals surface area (Å²) >= 11 is 1.27. The van der Waals surface area contributed by atoms with E-state index in [9.17, 15) is 9.59 Å². The lowest BCUT2D eigenvalue weighted by molar-refractivity contribution is -0.123. The first kappa shape index (κ1) is 23.1. The fraction of sp³-hybridized carbons (Fsp3) is 0.115. The number of hydrogen-bond donors (Lipinski definition) is 2. The zero-order chi connectivity index (χ0) is 23.8. The summed E-state index contributed by atoms with van der Waals surface area (Å²) in [6.45, 7) is 1.76. The van der Waals surface area contributed by atoms with Gasteiger partial charge in [-0.15, -0.1) is 0 Å². The van der Waals surface area contributed by atoms with Crippen LogP contribution < -0.4 is 15.5 Å². The number of hydrogen-bond acceptors (Lipinski definition) is 6. The summed E-state index contributed by atoms with van der Waals surface area (Å²) in [5.41, 5.74) is 4.09. The minimum absolute atomic E-state index is 0.132. The Hall–Kier alpha value is -4.04. The van der Waals surface area contributed by atoms with Crippen molar-refractivity contribution in [2.24, 2.45) is 5.10 Å². The van der Waals surface area contributed by atoms with E-state index in [1.54, 1.807) is 18.2 Å². The number of benzene rings is 3. The summed E-state index contributed by atoms with van der Waals surface area (Å²) in [5, 5.41) is 9.54. The summed E-state index contributed by atoms with van der Waals surface area (Å²) in [6.07, 6.45) is 1.39. The van der Waals surface area contributed by atoms with Gasteiger partial charge in [0, 0.05) is 5.69 Å². The number of thioether (sulfide) groups is 1. The molecule has 34 heavy (non-hydrogen) atoms. The highest BCUT2D eigenvalue weighted by Gasteiger charge is 2.08. The highest BCUT2D eigenvalue weighted by atomic mass is 32.2. The van der Waals surface area contributed by atoms with Crippen molar-refractivity contribution in [1.82, 2.24) is 5.43 Å². The van der Waals surface area contributed by atoms with Crippen LogP contribution in [0.4, 0.5) is 5.69 Å². The van der Waals surface area contributed by atoms with Crippen LogP contribution in [0.2, 0.25) is 0 Å². The molecule has 2 amide bonds. The minimum Gasteiger partial charge on any atom is -0.483 e. The van der Waals surface area contributed by atoms with Crippen molar-refractivity contribution in [3.05, 3.63) is 90.2 Å². The Morgan fingerprint density at radius 2 is 1.76 bits per heavy atom. The number of nitrogens with zero attached hydrogens (tertiary/aromatic N) is 1. The van der Waals surface area contributed by atoms with Crippen LogP contribution in [0.5, 0.6) is 5.75 Å². The average Bonchev–Trinajstić information content (AvgIpc) is 3.30. The first-order valence-electron chi connectivity index (χ1n) is 10.6. The van der Waals surface area contributed by atoms with Gasteiger partial charge in [0.2, 0.25) is 5.91 Å². The zero-order valence-electron chi connectivity index (χ0n) is 18.5. The molecule has 0 atom stereocenters. The van der Waals surface area contributed by atoms with E-state index >= 15 is 0 Å². The van der Waals surface area contributed by atoms with Crippen LogP contribution in [-0.2, 0) is 9.59 Å². The van der Waals surface area contributed by atoms with Crippen LogP contribution >= 0.6 is 11.8 Å². The summed E-state index contributed by atoms with van der Waals surface area (Å²) in [6, 6.07) is 24.7. The number of furan rings is 1. The van der Waals surface area contributed by atoms with Crippen LogP contribution in [-0.4, -0.2) is 30.4 Å². The van der Waals surface area contributed by atoms with Crippen LogP contribution in [0.15, 0.2) is 93.5 Å². The van der Waals surface area contributed by atoms with E-state index < -0.39 is 0 Å². The molecule has 1 heterocycles. The number of anilines is 1. The second-order valence-corrected chi connectivity index (χ2v) is 8.38. The van der Waals surface area contributed by atoms with Gasteiger partial charge in [0.25, 0.3) is 5.91 Å². The second kappa shape index (κ2) is 11.2. The Balaban J connectivity index is 1.20. The molecule has 8 heteroatoms. The molecule has 0 unspecified atom stereocenters. The van der Waals surface area contributed by atoms with E-state index in [1.165, 1.54) is 18.0 Å². The van der Waals surface area contributed by atoms with Crippen molar-refractivity contribution in [3.63, 3.8) is 0 Å². The molecule has 0 saturated carbocycles. The molecule has 172 valence electrons. The predicted octanol–water partition coefficient (Wildman–Crippen LogP) is 5.00. The van der Waals surface area contributed by atoms with Crippen molar-refractivity contribution >= 4 is 46.3 Å². The van der Waals surface area contributed by atoms with Gasteiger partial charge in [-0.2, -0.15) is 5.10 Å². The quantitative estimate of drug-likeness (QED) is 0.203. The summed E-state index contributed by atoms with van der Waals surface area (Å²) in [7, 11) is 0. The first-order valence-corrected chi connectivity index (χ1v) is 11.6. The maximum Gasteiger partial charge on any atom is 0.277 e. The SMILES string of the molecule is Cc1ccccc1OCC(=O)NN=Cc1ccc(SCC(=O)Nc2ccc3ccccc3c2)o1. The third kappa shape index (κ3) is 6.49. The Morgan fingerprint density at radius 3 is 2.62 bits per heavy atom. The highest BCUT2D eigenvalue weighted by molar-refractivity contribution is 7.99. The number of aryl methyl sites for hydroxylation is 1. The predicted molar refractivity (Wildman–Crippen MR) is 134 cm³/mol. The van der Waals surface area contributed by atoms with Crippen LogP contribution in [0, 0.1) is 6.92 Å². The van der Waals surface area contributed by atoms with Gasteiger partial charge < -0.3 is 14.5 Å². The Kier molecular flexibility index (Phi) is 7.62. The van der Waals surface area contributed by atoms with Crippen LogP contribution in [0.1, 0.15) is 11.3 Å². The van der Waals surface area contributed by atoms with E-state index in [-0.39, 0.29) is 24.2 Å². The molecule has 0 bridgehead atoms. The molecule has 0 aliphatic rings. The molecule has 0 fully saturated rings. The second-order valence-electron chi connectivity index (χ2n) is 7.40. The number of hydrazone groups is 1. The van der Waals surface area contributed by atoms with Gasteiger partial charge in [-0.3, -0.25) is 9.59 Å². The number of para-hydroxylation sites is 1. The lowest BCUT2D eigenvalue weighted by Gasteiger charge is -2.07. The van der Waals surface area contributed by atoms with Crippen molar-refractivity contribution in [2.45, 2.75) is 12.0 Å². The molecule has 0 spiro atoms. The van der Waals surface area contributed by atoms with E-state index in [1.807, 2.05) is 67.6 Å². The monoisotopic (exact) mass is 473 g/mol. The number of ether oxygens (including phenoxy) is 1. The van der Waals surface area contributed by atoms with Crippen LogP contribution in [0.25, 0.3) is 10.8 Å². The van der Waals surface area contributed by atoms with Gasteiger partial charge in [0.1, 0.15) is 11.5 Å². The van der Waals surface area contributed by atoms with Gasteiger partial charge in [-0.25, -0.2) is 5.43 Å². The molecule has 0 aliphatic carbocycles. The van der Waals surface area contributed by atoms with E-state index in [4.69, 9.17) is 9.15 Å². The summed E-state index contributed by atoms with van der Waals surface area (Å²) < 4.78 is 11.1. The Morgan fingerprint density at radius 1 is 0.971 bits per heavy atom. The number of rotatable bonds is 9. The maximum absolute atomic E-state index is 12.3. The Labute approximate surface area is 201 Å². The first-order chi connectivity index (χ1) is 16.6. The highest BCUT2D eigenvalue weighted by Crippen LogP contribution is 2.22. The number of fused-ring (bicyclic) bond motifs is 1. The van der Waals surface area contributed by atoms with Gasteiger partial charge in [-0.1, -0.05) is 60.3 Å². The molecule has 4 rings (SSSR count). The van der Waals surface area contributed by atoms with Crippen molar-refractivity contribution in [3.8, 4) is 5.75 Å². The Bertz CT molecular complexity index is 1330. The average molecular weight is 474 g/mol. The molecule has 1 aromatic heterocycles. The number of carbonyl (C=O) groups is 2. The summed E-state index contributed by atoms with van der Waals surface area (Å²) in [4.78, 5) is 24.2. The summed E-state index contributed by atoms with van der Waals surface area (Å²) in [5.74, 6) is 0.791. The van der Waals surface area contributed by atoms with Crippen molar-refractivity contribution in [2.75, 3.05) is 17.7 Å². The van der Waals surface area contributed by atoms with E-state index in [0.29, 0.717) is 16.6 Å². The molecule has 2 N–H and O–H groups in total. The van der Waals surface area contributed by atoms with Gasteiger partial charge in [0.05, 0.1) is 12.0 Å². The standard InChI is InChI=1S/C26H23N3O4S/c1-18-6-2-5-9-23(18)32-16-24(30)29-27-15-22-12-13-26(33-22)34-17-25(31)28-21-11-10-19-7-3-4-8-20(19)14-21/h2-15H,16-17H2,1H3,(H,28,31)(H,29,30). The molecular formula is C26H23N3O4S. The topological polar surface area (TPSA) is 92.9 Å². The molecule has 4 aromatic rings. The lowest BCUT2D eigenvalue weighted by Crippen LogP contribution is -2.24. The number of nitrogens with one attached hydrogen (secondary N) is 2. The fourth-order valence-electron chi connectivity index (χ4n) is 3.14. The van der Waals surface area contributed by atoms with E-state index in [0.717, 1.165) is 22.0 Å². The van der Waals surface area contributed by atoms with Gasteiger partial charge >= 0.3 is 0 Å². The molecule has 0 radical (unpaired) electrons. The third-order valence-corrected chi connectivity index (χ3v) is 5.72. The van der Waals surface area contributed by atoms with Gasteiger partial charge in [-0.05, 0) is 53.6 Å². The number of carbonyl (C=O) groups excluding carboxylic acids is 2. The lowest BCUT2D eigenvalue weighted by atomic mass is 10.1. The van der Waals surface area contributed by atoms with Crippen molar-refractivity contribution < 1.29 is 18.7 Å². The fourth-order valence-corrected chi connectivity index (χ4v) is 3.81. The molecular weight excluding hydrogens is 450 g/mol. The molecule has 3 aromatic carbocycles. The van der Waals surface area contributed by atoms with E-state index in [2.05, 4.69) is 15.8 Å². The minimum atomic E-state index is -0.383. The largest absolute Gasteiger partial charge is 0.483 e. The maximum atomic E-state index is 12.3. The normalized spacial score (nSPS) is 11.0. The molecule has 0 saturated heterocycles. The molecule has 0 aliphatic heterocycles. The smallest absolute Gasteiger partial charge is 0.277 e. The van der Waals surface area contributed by atoms with Crippen molar-refractivity contribution in [1.29, 1.82) is 0 Å². The number of amides is 2.